The lowest BCUT2D eigenvalue weighted by molar-refractivity contribution is -0.100. The molecule has 1 saturated carbocycles. The van der Waals surface area contributed by atoms with Crippen LogP contribution in [0, 0.1) is 0 Å². The van der Waals surface area contributed by atoms with Gasteiger partial charge < -0.3 is 9.47 Å². The van der Waals surface area contributed by atoms with Crippen LogP contribution in [0.25, 0.3) is 0 Å². The second kappa shape index (κ2) is 6.62. The van der Waals surface area contributed by atoms with Crippen LogP contribution in [0.3, 0.4) is 0 Å². The minimum atomic E-state index is -3.18. The van der Waals surface area contributed by atoms with Crippen LogP contribution in [-0.4, -0.2) is 54.9 Å². The van der Waals surface area contributed by atoms with E-state index in [1.54, 1.807) is 23.6 Å². The Bertz CT molecular complexity index is 593. The van der Waals surface area contributed by atoms with Gasteiger partial charge in [-0.15, -0.1) is 0 Å². The van der Waals surface area contributed by atoms with Gasteiger partial charge in [0.2, 0.25) is 10.0 Å². The second-order valence-electron chi connectivity index (χ2n) is 5.70. The lowest BCUT2D eigenvalue weighted by atomic mass is 10.1. The molecule has 0 N–H and O–H groups in total. The predicted molar refractivity (Wildman–Crippen MR) is 81.7 cm³/mol. The molecule has 0 spiro atoms. The summed E-state index contributed by atoms with van der Waals surface area (Å²) in [6, 6.07) is 3.76. The fourth-order valence-electron chi connectivity index (χ4n) is 3.25. The average Bonchev–Trinajstić information content (AvgIpc) is 2.97. The Labute approximate surface area is 131 Å². The maximum absolute atomic E-state index is 12.2. The van der Waals surface area contributed by atoms with Crippen LogP contribution in [0.4, 0.5) is 0 Å². The third-order valence-electron chi connectivity index (χ3n) is 4.42. The number of ether oxygens (including phenoxy) is 2. The third-order valence-corrected chi connectivity index (χ3v) is 6.32. The molecular weight excluding hydrogens is 304 g/mol. The van der Waals surface area contributed by atoms with E-state index in [-0.39, 0.29) is 24.0 Å². The summed E-state index contributed by atoms with van der Waals surface area (Å²) in [4.78, 5) is 3.98. The number of morpholine rings is 1. The predicted octanol–water partition coefficient (Wildman–Crippen LogP) is 1.18. The Hall–Kier alpha value is -1.02. The van der Waals surface area contributed by atoms with E-state index in [2.05, 4.69) is 4.98 Å². The van der Waals surface area contributed by atoms with E-state index < -0.39 is 10.0 Å². The van der Waals surface area contributed by atoms with Crippen molar-refractivity contribution < 1.29 is 17.9 Å². The van der Waals surface area contributed by atoms with Gasteiger partial charge in [0.05, 0.1) is 31.1 Å². The summed E-state index contributed by atoms with van der Waals surface area (Å²) in [6.45, 7) is 3.08. The van der Waals surface area contributed by atoms with Gasteiger partial charge in [-0.25, -0.2) is 8.42 Å². The zero-order valence-electron chi connectivity index (χ0n) is 12.7. The molecular formula is C15H22N2O4S. The summed E-state index contributed by atoms with van der Waals surface area (Å²) in [6.07, 6.45) is 4.90. The van der Waals surface area contributed by atoms with Gasteiger partial charge in [0, 0.05) is 18.9 Å². The number of pyridine rings is 1. The summed E-state index contributed by atoms with van der Waals surface area (Å²) in [7, 11) is -3.18. The number of fused-ring (bicyclic) bond motifs is 1. The Morgan fingerprint density at radius 2 is 2.14 bits per heavy atom. The lowest BCUT2D eigenvalue weighted by Gasteiger charge is -2.37. The van der Waals surface area contributed by atoms with Gasteiger partial charge in [-0.05, 0) is 37.5 Å². The van der Waals surface area contributed by atoms with Crippen molar-refractivity contribution in [1.29, 1.82) is 0 Å². The molecule has 1 aliphatic carbocycles. The fraction of sp³-hybridized carbons (Fsp3) is 0.667. The number of aromatic nitrogens is 1. The molecule has 1 saturated heterocycles. The van der Waals surface area contributed by atoms with Crippen LogP contribution in [0.15, 0.2) is 24.5 Å². The zero-order valence-corrected chi connectivity index (χ0v) is 13.5. The number of rotatable bonds is 5. The maximum atomic E-state index is 12.2. The average molecular weight is 326 g/mol. The molecule has 0 aromatic carbocycles. The van der Waals surface area contributed by atoms with Crippen molar-refractivity contribution in [3.05, 3.63) is 30.1 Å². The van der Waals surface area contributed by atoms with Crippen molar-refractivity contribution in [2.24, 2.45) is 0 Å². The number of nitrogens with zero attached hydrogens (tertiary/aromatic N) is 2. The fourth-order valence-corrected chi connectivity index (χ4v) is 4.58. The van der Waals surface area contributed by atoms with Crippen molar-refractivity contribution >= 4 is 10.0 Å². The van der Waals surface area contributed by atoms with Gasteiger partial charge in [-0.1, -0.05) is 0 Å². The van der Waals surface area contributed by atoms with Gasteiger partial charge in [-0.2, -0.15) is 4.31 Å². The maximum Gasteiger partial charge on any atom is 0.214 e. The van der Waals surface area contributed by atoms with E-state index in [1.807, 2.05) is 12.1 Å². The highest BCUT2D eigenvalue weighted by Crippen LogP contribution is 2.34. The molecule has 0 bridgehead atoms. The number of hydrogen-bond donors (Lipinski definition) is 0. The molecule has 6 nitrogen and oxygen atoms in total. The molecule has 1 aromatic heterocycles. The number of sulfonamides is 1. The van der Waals surface area contributed by atoms with Crippen LogP contribution in [0.5, 0.6) is 0 Å². The smallest absolute Gasteiger partial charge is 0.214 e. The van der Waals surface area contributed by atoms with Crippen molar-refractivity contribution in [3.63, 3.8) is 0 Å². The number of hydrogen-bond acceptors (Lipinski definition) is 5. The van der Waals surface area contributed by atoms with E-state index in [0.29, 0.717) is 19.8 Å². The van der Waals surface area contributed by atoms with E-state index in [4.69, 9.17) is 9.47 Å². The van der Waals surface area contributed by atoms with Crippen LogP contribution < -0.4 is 0 Å². The van der Waals surface area contributed by atoms with Crippen LogP contribution in [-0.2, 0) is 26.1 Å². The molecule has 1 aromatic rings. The summed E-state index contributed by atoms with van der Waals surface area (Å²) in [5.41, 5.74) is 1.06. The monoisotopic (exact) mass is 326 g/mol. The first-order valence-corrected chi connectivity index (χ1v) is 9.34. The van der Waals surface area contributed by atoms with Crippen molar-refractivity contribution in [1.82, 2.24) is 9.29 Å². The largest absolute Gasteiger partial charge is 0.372 e. The Balaban J connectivity index is 1.65. The Morgan fingerprint density at radius 3 is 2.86 bits per heavy atom. The van der Waals surface area contributed by atoms with Gasteiger partial charge in [0.15, 0.2) is 0 Å². The van der Waals surface area contributed by atoms with Gasteiger partial charge in [-0.3, -0.25) is 4.98 Å². The zero-order chi connectivity index (χ0) is 15.6. The Morgan fingerprint density at radius 1 is 1.36 bits per heavy atom. The van der Waals surface area contributed by atoms with Crippen molar-refractivity contribution in [2.45, 2.75) is 44.6 Å². The highest BCUT2D eigenvalue weighted by Gasteiger charge is 2.46. The van der Waals surface area contributed by atoms with Crippen LogP contribution >= 0.6 is 0 Å². The Kier molecular flexibility index (Phi) is 4.77. The molecule has 1 aliphatic heterocycles. The van der Waals surface area contributed by atoms with Crippen molar-refractivity contribution in [2.75, 3.05) is 18.9 Å². The summed E-state index contributed by atoms with van der Waals surface area (Å²) in [5.74, 6) is 0.138. The molecule has 122 valence electrons. The molecule has 3 atom stereocenters. The first-order valence-electron chi connectivity index (χ1n) is 7.73. The SMILES string of the molecule is CCS(=O)(=O)N1CCO[C@H]2[C@H](OCc3ccncc3)CC[C@@H]21. The minimum Gasteiger partial charge on any atom is -0.372 e. The van der Waals surface area contributed by atoms with Gasteiger partial charge >= 0.3 is 0 Å². The molecule has 7 heteroatoms. The first-order chi connectivity index (χ1) is 10.6. The molecule has 2 aliphatic rings. The molecule has 2 heterocycles. The summed E-state index contributed by atoms with van der Waals surface area (Å²) < 4.78 is 37.8. The topological polar surface area (TPSA) is 68.7 Å². The minimum absolute atomic E-state index is 0.0481. The molecule has 0 amide bonds. The van der Waals surface area contributed by atoms with Gasteiger partial charge in [0.25, 0.3) is 0 Å². The van der Waals surface area contributed by atoms with E-state index >= 15 is 0 Å². The first kappa shape index (κ1) is 15.9. The van der Waals surface area contributed by atoms with Crippen molar-refractivity contribution in [3.8, 4) is 0 Å². The normalized spacial score (nSPS) is 29.4. The molecule has 22 heavy (non-hydrogen) atoms. The summed E-state index contributed by atoms with van der Waals surface area (Å²) in [5, 5.41) is 0. The molecule has 3 rings (SSSR count). The third kappa shape index (κ3) is 3.17. The van der Waals surface area contributed by atoms with Crippen LogP contribution in [0.2, 0.25) is 0 Å². The highest BCUT2D eigenvalue weighted by atomic mass is 32.2. The van der Waals surface area contributed by atoms with E-state index in [9.17, 15) is 8.42 Å². The van der Waals surface area contributed by atoms with E-state index in [0.717, 1.165) is 18.4 Å². The van der Waals surface area contributed by atoms with Crippen LogP contribution in [0.1, 0.15) is 25.3 Å². The van der Waals surface area contributed by atoms with Gasteiger partial charge in [0.1, 0.15) is 6.10 Å². The summed E-state index contributed by atoms with van der Waals surface area (Å²) >= 11 is 0. The molecule has 0 unspecified atom stereocenters. The molecule has 0 radical (unpaired) electrons. The lowest BCUT2D eigenvalue weighted by Crippen LogP contribution is -2.54. The quantitative estimate of drug-likeness (QED) is 0.813. The highest BCUT2D eigenvalue weighted by molar-refractivity contribution is 7.89. The second-order valence-corrected chi connectivity index (χ2v) is 7.91. The standard InChI is InChI=1S/C15H22N2O4S/c1-2-22(18,19)17-9-10-20-15-13(17)3-4-14(15)21-11-12-5-7-16-8-6-12/h5-8,13-15H,2-4,9-11H2,1H3/t13-,14+,15+/m0/s1. The van der Waals surface area contributed by atoms with E-state index in [1.165, 1.54) is 0 Å². The molecule has 2 fully saturated rings.